The molecule has 1 rings (SSSR count). The maximum atomic E-state index is 9.78. The number of rotatable bonds is 1. The van der Waals surface area contributed by atoms with Gasteiger partial charge in [-0.2, -0.15) is 8.42 Å². The van der Waals surface area contributed by atoms with E-state index in [1.165, 1.54) is 14.7 Å². The van der Waals surface area contributed by atoms with Gasteiger partial charge in [0.1, 0.15) is 0 Å². The molecule has 0 spiro atoms. The van der Waals surface area contributed by atoms with Crippen molar-refractivity contribution in [2.24, 2.45) is 0 Å². The third-order valence-electron chi connectivity index (χ3n) is 2.87. The number of halogens is 1. The molecular weight excluding hydrogens is 399 g/mol. The van der Waals surface area contributed by atoms with Crippen LogP contribution in [0.2, 0.25) is 0 Å². The molecule has 0 bridgehead atoms. The summed E-state index contributed by atoms with van der Waals surface area (Å²) in [5.41, 5.74) is 3.42. The molecule has 0 radical (unpaired) electrons. The highest BCUT2D eigenvalue weighted by molar-refractivity contribution is 14.1. The van der Waals surface area contributed by atoms with Crippen LogP contribution in [0.5, 0.6) is 0 Å². The topological polar surface area (TPSA) is 43.4 Å². The fourth-order valence-electron chi connectivity index (χ4n) is 1.91. The van der Waals surface area contributed by atoms with Crippen molar-refractivity contribution in [2.75, 3.05) is 13.4 Å². The van der Waals surface area contributed by atoms with Crippen molar-refractivity contribution >= 4 is 32.7 Å². The minimum atomic E-state index is -3.16. The fraction of sp³-hybridized carbons (Fsp3) is 0.625. The Hall–Kier alpha value is -0.140. The molecule has 0 saturated heterocycles. The van der Waals surface area contributed by atoms with Crippen molar-refractivity contribution in [2.45, 2.75) is 52.4 Å². The Morgan fingerprint density at radius 2 is 1.43 bits per heavy atom. The third-order valence-corrected chi connectivity index (χ3v) is 4.38. The van der Waals surface area contributed by atoms with Crippen LogP contribution < -0.4 is 0 Å². The molecule has 21 heavy (non-hydrogen) atoms. The van der Waals surface area contributed by atoms with Crippen LogP contribution in [0.3, 0.4) is 0 Å². The molecule has 1 aromatic rings. The smallest absolute Gasteiger partial charge is 0.264 e. The predicted octanol–water partition coefficient (Wildman–Crippen LogP) is 4.48. The normalized spacial score (nSPS) is 12.6. The largest absolute Gasteiger partial charge is 0.274 e. The van der Waals surface area contributed by atoms with Gasteiger partial charge in [0.15, 0.2) is 0 Å². The first-order valence-electron chi connectivity index (χ1n) is 6.75. The molecule has 0 saturated carbocycles. The van der Waals surface area contributed by atoms with Crippen LogP contribution in [-0.2, 0) is 25.1 Å². The lowest BCUT2D eigenvalue weighted by atomic mass is 9.75. The highest BCUT2D eigenvalue weighted by Gasteiger charge is 2.26. The lowest BCUT2D eigenvalue weighted by Gasteiger charge is -2.31. The van der Waals surface area contributed by atoms with Gasteiger partial charge in [0.05, 0.1) is 13.4 Å². The molecule has 5 heteroatoms. The Balaban J connectivity index is 0.000000567. The average molecular weight is 426 g/mol. The second kappa shape index (κ2) is 7.42. The van der Waals surface area contributed by atoms with E-state index in [1.54, 1.807) is 0 Å². The summed E-state index contributed by atoms with van der Waals surface area (Å²) in [7, 11) is -2.04. The van der Waals surface area contributed by atoms with Gasteiger partial charge in [-0.3, -0.25) is 4.18 Å². The van der Waals surface area contributed by atoms with Crippen molar-refractivity contribution in [3.05, 3.63) is 32.9 Å². The molecule has 0 amide bonds. The molecule has 0 aliphatic rings. The quantitative estimate of drug-likeness (QED) is 0.491. The summed E-state index contributed by atoms with van der Waals surface area (Å²) in [5.74, 6) is 0. The number of hydrogen-bond acceptors (Lipinski definition) is 3. The van der Waals surface area contributed by atoms with E-state index in [2.05, 4.69) is 86.5 Å². The second-order valence-corrected chi connectivity index (χ2v) is 9.94. The van der Waals surface area contributed by atoms with Crippen LogP contribution in [0.1, 0.15) is 52.7 Å². The van der Waals surface area contributed by atoms with E-state index in [-0.39, 0.29) is 10.8 Å². The Bertz CT molecular complexity index is 564. The van der Waals surface area contributed by atoms with Crippen LogP contribution in [0.25, 0.3) is 0 Å². The van der Waals surface area contributed by atoms with E-state index in [1.807, 2.05) is 0 Å². The summed E-state index contributed by atoms with van der Waals surface area (Å²) in [5, 5.41) is 0. The highest BCUT2D eigenvalue weighted by atomic mass is 127. The molecule has 0 unspecified atom stereocenters. The Morgan fingerprint density at radius 1 is 1.00 bits per heavy atom. The molecule has 0 N–H and O–H groups in total. The maximum Gasteiger partial charge on any atom is 0.264 e. The Kier molecular flexibility index (Phi) is 7.37. The van der Waals surface area contributed by atoms with Gasteiger partial charge in [-0.05, 0) is 50.6 Å². The number of benzene rings is 1. The second-order valence-electron chi connectivity index (χ2n) is 7.03. The molecule has 0 atom stereocenters. The van der Waals surface area contributed by atoms with Crippen LogP contribution in [0.4, 0.5) is 0 Å². The zero-order chi connectivity index (χ0) is 17.1. The summed E-state index contributed by atoms with van der Waals surface area (Å²) >= 11 is 2.45. The van der Waals surface area contributed by atoms with Gasteiger partial charge in [-0.1, -0.05) is 53.7 Å². The van der Waals surface area contributed by atoms with Gasteiger partial charge in [0.2, 0.25) is 0 Å². The van der Waals surface area contributed by atoms with E-state index in [9.17, 15) is 8.42 Å². The minimum absolute atomic E-state index is 0.223. The molecule has 0 heterocycles. The van der Waals surface area contributed by atoms with E-state index in [0.29, 0.717) is 0 Å². The van der Waals surface area contributed by atoms with Gasteiger partial charge in [0, 0.05) is 3.57 Å². The monoisotopic (exact) mass is 426 g/mol. The summed E-state index contributed by atoms with van der Waals surface area (Å²) in [6.07, 6.45) is 0.993. The van der Waals surface area contributed by atoms with Crippen molar-refractivity contribution < 1.29 is 12.6 Å². The van der Waals surface area contributed by atoms with E-state index in [0.717, 1.165) is 13.4 Å². The van der Waals surface area contributed by atoms with E-state index in [4.69, 9.17) is 0 Å². The Labute approximate surface area is 143 Å². The zero-order valence-corrected chi connectivity index (χ0v) is 17.2. The van der Waals surface area contributed by atoms with Crippen LogP contribution in [-0.4, -0.2) is 21.8 Å². The minimum Gasteiger partial charge on any atom is -0.274 e. The highest BCUT2D eigenvalue weighted by Crippen LogP contribution is 2.36. The average Bonchev–Trinajstić information content (AvgIpc) is 2.25. The summed E-state index contributed by atoms with van der Waals surface area (Å²) in [6, 6.07) is 6.64. The molecule has 0 aliphatic carbocycles. The van der Waals surface area contributed by atoms with Crippen LogP contribution >= 0.6 is 22.6 Å². The summed E-state index contributed by atoms with van der Waals surface area (Å²) in [4.78, 5) is 0. The molecule has 1 aromatic carbocycles. The number of hydrogen-bond donors (Lipinski definition) is 0. The molecule has 0 aliphatic heterocycles. The van der Waals surface area contributed by atoms with Crippen molar-refractivity contribution in [1.82, 2.24) is 0 Å². The van der Waals surface area contributed by atoms with Gasteiger partial charge >= 0.3 is 0 Å². The van der Waals surface area contributed by atoms with Crippen molar-refractivity contribution in [3.8, 4) is 0 Å². The van der Waals surface area contributed by atoms with Gasteiger partial charge in [0.25, 0.3) is 10.1 Å². The predicted molar refractivity (Wildman–Crippen MR) is 98.4 cm³/mol. The zero-order valence-electron chi connectivity index (χ0n) is 14.2. The first kappa shape index (κ1) is 20.9. The van der Waals surface area contributed by atoms with E-state index >= 15 is 0 Å². The van der Waals surface area contributed by atoms with Gasteiger partial charge in [-0.15, -0.1) is 0 Å². The third kappa shape index (κ3) is 7.61. The van der Waals surface area contributed by atoms with Gasteiger partial charge < -0.3 is 0 Å². The first-order chi connectivity index (χ1) is 9.20. The van der Waals surface area contributed by atoms with Gasteiger partial charge in [-0.25, -0.2) is 0 Å². The molecular formula is C16H27IO3S. The lowest BCUT2D eigenvalue weighted by Crippen LogP contribution is -2.23. The lowest BCUT2D eigenvalue weighted by molar-refractivity contribution is 0.403. The fourth-order valence-corrected chi connectivity index (χ4v) is 3.22. The summed E-state index contributed by atoms with van der Waals surface area (Å²) < 4.78 is 24.8. The first-order valence-corrected chi connectivity index (χ1v) is 9.64. The Morgan fingerprint density at radius 3 is 1.67 bits per heavy atom. The van der Waals surface area contributed by atoms with Crippen LogP contribution in [0.15, 0.2) is 18.2 Å². The molecule has 0 fully saturated rings. The SMILES string of the molecule is CC(C)(C)c1cccc(I)c1C(C)(C)C.COS(C)(=O)=O. The maximum absolute atomic E-state index is 9.78. The summed E-state index contributed by atoms with van der Waals surface area (Å²) in [6.45, 7) is 13.7. The molecule has 0 aromatic heterocycles. The standard InChI is InChI=1S/C14H21I.C2H6O3S/c1-13(2,3)10-8-7-9-11(15)12(10)14(4,5)6;1-5-6(2,3)4/h7-9H,1-6H3;1-2H3. The van der Waals surface area contributed by atoms with Crippen molar-refractivity contribution in [3.63, 3.8) is 0 Å². The molecule has 3 nitrogen and oxygen atoms in total. The van der Waals surface area contributed by atoms with Crippen molar-refractivity contribution in [1.29, 1.82) is 0 Å². The van der Waals surface area contributed by atoms with E-state index < -0.39 is 10.1 Å². The molecule has 122 valence electrons. The van der Waals surface area contributed by atoms with Crippen LogP contribution in [0, 0.1) is 3.57 Å².